The number of para-hydroxylation sites is 1. The maximum absolute atomic E-state index is 12.9. The molecule has 3 aromatic carbocycles. The second-order valence-electron chi connectivity index (χ2n) is 7.04. The van der Waals surface area contributed by atoms with Crippen molar-refractivity contribution in [2.75, 3.05) is 5.32 Å². The molecular formula is C24H16N2O5. The molecule has 2 aromatic heterocycles. The molecule has 5 aromatic rings. The average Bonchev–Trinajstić information content (AvgIpc) is 3.19. The summed E-state index contributed by atoms with van der Waals surface area (Å²) >= 11 is 0. The van der Waals surface area contributed by atoms with Crippen molar-refractivity contribution in [3.05, 3.63) is 105 Å². The fraction of sp³-hybridized carbons (Fsp3) is 0.0417. The summed E-state index contributed by atoms with van der Waals surface area (Å²) in [5.41, 5.74) is 2.10. The van der Waals surface area contributed by atoms with Crippen molar-refractivity contribution in [2.45, 2.75) is 6.54 Å². The van der Waals surface area contributed by atoms with E-state index in [0.29, 0.717) is 40.1 Å². The smallest absolute Gasteiger partial charge is 0.348 e. The third kappa shape index (κ3) is 3.32. The van der Waals surface area contributed by atoms with Crippen LogP contribution >= 0.6 is 0 Å². The molecule has 0 fully saturated rings. The molecule has 152 valence electrons. The van der Waals surface area contributed by atoms with Crippen LogP contribution in [0, 0.1) is 10.1 Å². The standard InChI is InChI=1S/C24H16N2O5/c27-24-21-20(16-9-6-10-17(13-16)26(28)29)23(25-14-15-7-2-1-3-8-15)31-22(21)18-11-4-5-12-19(18)30-24/h1-13,25H,14H2. The minimum Gasteiger partial charge on any atom is -0.439 e. The molecule has 7 nitrogen and oxygen atoms in total. The van der Waals surface area contributed by atoms with Crippen LogP contribution in [-0.2, 0) is 6.54 Å². The molecule has 5 rings (SSSR count). The van der Waals surface area contributed by atoms with Gasteiger partial charge in [-0.1, -0.05) is 54.6 Å². The van der Waals surface area contributed by atoms with Crippen molar-refractivity contribution >= 4 is 33.5 Å². The minimum absolute atomic E-state index is 0.0777. The largest absolute Gasteiger partial charge is 0.439 e. The van der Waals surface area contributed by atoms with Crippen molar-refractivity contribution in [2.24, 2.45) is 0 Å². The van der Waals surface area contributed by atoms with Crippen LogP contribution in [0.2, 0.25) is 0 Å². The molecule has 0 saturated carbocycles. The van der Waals surface area contributed by atoms with E-state index < -0.39 is 10.5 Å². The summed E-state index contributed by atoms with van der Waals surface area (Å²) < 4.78 is 11.6. The molecule has 0 aliphatic carbocycles. The zero-order chi connectivity index (χ0) is 21.4. The van der Waals surface area contributed by atoms with Crippen LogP contribution < -0.4 is 10.9 Å². The van der Waals surface area contributed by atoms with Gasteiger partial charge in [-0.05, 0) is 23.3 Å². The van der Waals surface area contributed by atoms with Gasteiger partial charge in [-0.3, -0.25) is 10.1 Å². The molecular weight excluding hydrogens is 396 g/mol. The van der Waals surface area contributed by atoms with E-state index in [0.717, 1.165) is 5.56 Å². The second-order valence-corrected chi connectivity index (χ2v) is 7.04. The van der Waals surface area contributed by atoms with E-state index in [1.807, 2.05) is 42.5 Å². The monoisotopic (exact) mass is 412 g/mol. The second kappa shape index (κ2) is 7.46. The van der Waals surface area contributed by atoms with Gasteiger partial charge in [0.1, 0.15) is 11.0 Å². The van der Waals surface area contributed by atoms with Crippen LogP contribution in [0.4, 0.5) is 11.6 Å². The summed E-state index contributed by atoms with van der Waals surface area (Å²) in [5.74, 6) is 0.350. The Kier molecular flexibility index (Phi) is 4.48. The van der Waals surface area contributed by atoms with Gasteiger partial charge in [0, 0.05) is 18.7 Å². The van der Waals surface area contributed by atoms with Gasteiger partial charge in [-0.2, -0.15) is 0 Å². The summed E-state index contributed by atoms with van der Waals surface area (Å²) in [6.07, 6.45) is 0. The number of nitro benzene ring substituents is 1. The molecule has 0 amide bonds. The number of nitro groups is 1. The first kappa shape index (κ1) is 18.6. The number of furan rings is 1. The van der Waals surface area contributed by atoms with E-state index in [-0.39, 0.29) is 11.1 Å². The lowest BCUT2D eigenvalue weighted by Gasteiger charge is -2.07. The Labute approximate surface area is 175 Å². The van der Waals surface area contributed by atoms with Gasteiger partial charge >= 0.3 is 5.63 Å². The van der Waals surface area contributed by atoms with Crippen LogP contribution in [0.5, 0.6) is 0 Å². The number of benzene rings is 3. The van der Waals surface area contributed by atoms with Crippen molar-refractivity contribution in [1.82, 2.24) is 0 Å². The number of nitrogens with zero attached hydrogens (tertiary/aromatic N) is 1. The van der Waals surface area contributed by atoms with Crippen LogP contribution in [-0.4, -0.2) is 4.92 Å². The van der Waals surface area contributed by atoms with Gasteiger partial charge in [0.25, 0.3) is 5.69 Å². The molecule has 0 aliphatic rings. The van der Waals surface area contributed by atoms with E-state index in [1.165, 1.54) is 12.1 Å². The predicted octanol–water partition coefficient (Wildman–Crippen LogP) is 5.73. The number of nitrogens with one attached hydrogen (secondary N) is 1. The number of hydrogen-bond donors (Lipinski definition) is 1. The highest BCUT2D eigenvalue weighted by Crippen LogP contribution is 2.40. The Morgan fingerprint density at radius 1 is 0.903 bits per heavy atom. The maximum atomic E-state index is 12.9. The minimum atomic E-state index is -0.563. The molecule has 0 radical (unpaired) electrons. The first-order chi connectivity index (χ1) is 15.1. The summed E-state index contributed by atoms with van der Waals surface area (Å²) in [6, 6.07) is 22.9. The first-order valence-corrected chi connectivity index (χ1v) is 9.63. The Morgan fingerprint density at radius 3 is 2.48 bits per heavy atom. The Bertz CT molecular complexity index is 1480. The highest BCUT2D eigenvalue weighted by Gasteiger charge is 2.23. The molecule has 7 heteroatoms. The fourth-order valence-corrected chi connectivity index (χ4v) is 3.66. The molecule has 0 bridgehead atoms. The number of anilines is 1. The van der Waals surface area contributed by atoms with E-state index in [2.05, 4.69) is 5.32 Å². The van der Waals surface area contributed by atoms with E-state index in [9.17, 15) is 14.9 Å². The van der Waals surface area contributed by atoms with Gasteiger partial charge in [0.15, 0.2) is 5.58 Å². The Hall–Kier alpha value is -4.39. The lowest BCUT2D eigenvalue weighted by Crippen LogP contribution is -2.02. The van der Waals surface area contributed by atoms with Crippen molar-refractivity contribution in [3.8, 4) is 11.1 Å². The van der Waals surface area contributed by atoms with Gasteiger partial charge in [0.2, 0.25) is 5.88 Å². The van der Waals surface area contributed by atoms with Crippen LogP contribution in [0.15, 0.2) is 92.5 Å². The quantitative estimate of drug-likeness (QED) is 0.225. The highest BCUT2D eigenvalue weighted by molar-refractivity contribution is 6.09. The summed E-state index contributed by atoms with van der Waals surface area (Å²) in [6.45, 7) is 0.450. The van der Waals surface area contributed by atoms with E-state index in [1.54, 1.807) is 24.3 Å². The number of non-ortho nitro benzene ring substituents is 1. The van der Waals surface area contributed by atoms with E-state index >= 15 is 0 Å². The number of fused-ring (bicyclic) bond motifs is 3. The van der Waals surface area contributed by atoms with Crippen molar-refractivity contribution < 1.29 is 13.8 Å². The predicted molar refractivity (Wildman–Crippen MR) is 118 cm³/mol. The van der Waals surface area contributed by atoms with Crippen molar-refractivity contribution in [3.63, 3.8) is 0 Å². The number of hydrogen-bond acceptors (Lipinski definition) is 6. The molecule has 1 N–H and O–H groups in total. The molecule has 0 aliphatic heterocycles. The number of rotatable bonds is 5. The zero-order valence-corrected chi connectivity index (χ0v) is 16.2. The third-order valence-corrected chi connectivity index (χ3v) is 5.09. The summed E-state index contributed by atoms with van der Waals surface area (Å²) in [7, 11) is 0. The SMILES string of the molecule is O=c1oc2ccccc2c2oc(NCc3ccccc3)c(-c3cccc([N+](=O)[O-])c3)c12. The van der Waals surface area contributed by atoms with Crippen molar-refractivity contribution in [1.29, 1.82) is 0 Å². The van der Waals surface area contributed by atoms with Gasteiger partial charge in [-0.15, -0.1) is 0 Å². The fourth-order valence-electron chi connectivity index (χ4n) is 3.66. The Morgan fingerprint density at radius 2 is 1.68 bits per heavy atom. The molecule has 0 atom stereocenters. The lowest BCUT2D eigenvalue weighted by atomic mass is 10.0. The van der Waals surface area contributed by atoms with Gasteiger partial charge < -0.3 is 14.2 Å². The highest BCUT2D eigenvalue weighted by atomic mass is 16.6. The zero-order valence-electron chi connectivity index (χ0n) is 16.2. The third-order valence-electron chi connectivity index (χ3n) is 5.09. The topological polar surface area (TPSA) is 98.5 Å². The van der Waals surface area contributed by atoms with Crippen LogP contribution in [0.25, 0.3) is 33.1 Å². The molecule has 31 heavy (non-hydrogen) atoms. The summed E-state index contributed by atoms with van der Waals surface area (Å²) in [5, 5.41) is 15.4. The van der Waals surface area contributed by atoms with E-state index in [4.69, 9.17) is 8.83 Å². The van der Waals surface area contributed by atoms with Gasteiger partial charge in [0.05, 0.1) is 15.9 Å². The normalized spacial score (nSPS) is 11.1. The Balaban J connectivity index is 1.76. The first-order valence-electron chi connectivity index (χ1n) is 9.63. The van der Waals surface area contributed by atoms with Crippen LogP contribution in [0.3, 0.4) is 0 Å². The van der Waals surface area contributed by atoms with Crippen LogP contribution in [0.1, 0.15) is 5.56 Å². The lowest BCUT2D eigenvalue weighted by molar-refractivity contribution is -0.384. The molecule has 0 saturated heterocycles. The average molecular weight is 412 g/mol. The maximum Gasteiger partial charge on any atom is 0.348 e. The summed E-state index contributed by atoms with van der Waals surface area (Å²) in [4.78, 5) is 23.7. The molecule has 0 unspecified atom stereocenters. The van der Waals surface area contributed by atoms with Gasteiger partial charge in [-0.25, -0.2) is 4.79 Å². The molecule has 2 heterocycles. The molecule has 0 spiro atoms.